The van der Waals surface area contributed by atoms with Crippen LogP contribution in [0.2, 0.25) is 0 Å². The molecule has 31 heavy (non-hydrogen) atoms. The fourth-order valence-corrected chi connectivity index (χ4v) is 2.95. The third-order valence-electron chi connectivity index (χ3n) is 4.66. The number of Topliss-reactive ketones (excluding diaryl/α,β-unsaturated/α-hetero) is 1. The lowest BCUT2D eigenvalue weighted by Gasteiger charge is -2.15. The summed E-state index contributed by atoms with van der Waals surface area (Å²) in [6, 6.07) is 18.4. The number of hydrogen-bond donors (Lipinski definition) is 2. The van der Waals surface area contributed by atoms with Crippen LogP contribution in [0.25, 0.3) is 11.2 Å². The zero-order valence-electron chi connectivity index (χ0n) is 17.7. The normalized spacial score (nSPS) is 12.0. The minimum absolute atomic E-state index is 0.00981. The molecule has 0 saturated heterocycles. The molecular weight excluding hydrogens is 390 g/mol. The minimum Gasteiger partial charge on any atom is -0.382 e. The quantitative estimate of drug-likeness (QED) is 0.370. The molecule has 0 amide bonds. The van der Waals surface area contributed by atoms with Crippen LogP contribution in [0.15, 0.2) is 73.1 Å². The van der Waals surface area contributed by atoms with Gasteiger partial charge in [0.1, 0.15) is 17.9 Å². The summed E-state index contributed by atoms with van der Waals surface area (Å²) in [5.74, 6) is -0.00981. The third kappa shape index (κ3) is 5.29. The van der Waals surface area contributed by atoms with Crippen LogP contribution in [0.3, 0.4) is 0 Å². The number of aromatic nitrogens is 3. The number of nitrogens with zero attached hydrogens (tertiary/aromatic N) is 2. The second kappa shape index (κ2) is 9.45. The van der Waals surface area contributed by atoms with E-state index in [9.17, 15) is 14.7 Å². The number of rotatable bonds is 4. The van der Waals surface area contributed by atoms with E-state index in [0.29, 0.717) is 22.4 Å². The second-order valence-corrected chi connectivity index (χ2v) is 8.12. The first-order chi connectivity index (χ1) is 14.8. The summed E-state index contributed by atoms with van der Waals surface area (Å²) in [6.07, 6.45) is 3.12. The number of fused-ring (bicyclic) bond motifs is 1. The molecule has 4 aromatic rings. The SMILES string of the molecule is CC(C)(C)C(=O)c1c[nH]c2ncc(C(O)c3ccccc3)nc12.O=Cc1ccccc1. The fraction of sp³-hybridized carbons (Fsp3) is 0.200. The Morgan fingerprint density at radius 1 is 1.03 bits per heavy atom. The highest BCUT2D eigenvalue weighted by Gasteiger charge is 2.27. The lowest BCUT2D eigenvalue weighted by Crippen LogP contribution is -2.20. The molecule has 6 nitrogen and oxygen atoms in total. The molecule has 0 radical (unpaired) electrons. The molecule has 0 aliphatic carbocycles. The Bertz CT molecular complexity index is 1160. The highest BCUT2D eigenvalue weighted by molar-refractivity contribution is 6.08. The van der Waals surface area contributed by atoms with Gasteiger partial charge < -0.3 is 10.1 Å². The molecule has 2 N–H and O–H groups in total. The number of ketones is 1. The number of aromatic amines is 1. The van der Waals surface area contributed by atoms with Crippen molar-refractivity contribution in [2.24, 2.45) is 5.41 Å². The maximum absolute atomic E-state index is 12.5. The molecule has 0 aliphatic rings. The topological polar surface area (TPSA) is 95.9 Å². The van der Waals surface area contributed by atoms with Crippen molar-refractivity contribution in [1.29, 1.82) is 0 Å². The van der Waals surface area contributed by atoms with E-state index in [2.05, 4.69) is 15.0 Å². The van der Waals surface area contributed by atoms with Crippen LogP contribution < -0.4 is 0 Å². The van der Waals surface area contributed by atoms with Crippen molar-refractivity contribution in [1.82, 2.24) is 15.0 Å². The average Bonchev–Trinajstić information content (AvgIpc) is 3.22. The maximum Gasteiger partial charge on any atom is 0.171 e. The van der Waals surface area contributed by atoms with Gasteiger partial charge in [-0.3, -0.25) is 9.59 Å². The van der Waals surface area contributed by atoms with Crippen molar-refractivity contribution in [3.63, 3.8) is 0 Å². The van der Waals surface area contributed by atoms with Crippen LogP contribution in [0.4, 0.5) is 0 Å². The van der Waals surface area contributed by atoms with Crippen molar-refractivity contribution in [3.05, 3.63) is 95.4 Å². The molecule has 0 bridgehead atoms. The number of H-pyrrole nitrogens is 1. The predicted molar refractivity (Wildman–Crippen MR) is 120 cm³/mol. The fourth-order valence-electron chi connectivity index (χ4n) is 2.95. The molecule has 6 heteroatoms. The first-order valence-corrected chi connectivity index (χ1v) is 9.93. The summed E-state index contributed by atoms with van der Waals surface area (Å²) in [7, 11) is 0. The first kappa shape index (κ1) is 22.1. The van der Waals surface area contributed by atoms with Crippen LogP contribution in [0.5, 0.6) is 0 Å². The number of hydrogen-bond acceptors (Lipinski definition) is 5. The number of carbonyl (C=O) groups is 2. The smallest absolute Gasteiger partial charge is 0.171 e. The summed E-state index contributed by atoms with van der Waals surface area (Å²) in [5.41, 5.74) is 2.92. The number of aldehydes is 1. The van der Waals surface area contributed by atoms with Crippen molar-refractivity contribution in [3.8, 4) is 0 Å². The largest absolute Gasteiger partial charge is 0.382 e. The summed E-state index contributed by atoms with van der Waals surface area (Å²) in [4.78, 5) is 34.3. The summed E-state index contributed by atoms with van der Waals surface area (Å²) < 4.78 is 0. The van der Waals surface area contributed by atoms with Gasteiger partial charge in [-0.2, -0.15) is 0 Å². The number of aliphatic hydroxyl groups is 1. The third-order valence-corrected chi connectivity index (χ3v) is 4.66. The monoisotopic (exact) mass is 415 g/mol. The van der Waals surface area contributed by atoms with Crippen LogP contribution >= 0.6 is 0 Å². The highest BCUT2D eigenvalue weighted by Crippen LogP contribution is 2.27. The Kier molecular flexibility index (Phi) is 6.72. The van der Waals surface area contributed by atoms with Crippen LogP contribution in [-0.2, 0) is 0 Å². The number of aliphatic hydroxyl groups excluding tert-OH is 1. The van der Waals surface area contributed by atoms with Gasteiger partial charge in [0.15, 0.2) is 11.4 Å². The Morgan fingerprint density at radius 2 is 1.65 bits per heavy atom. The van der Waals surface area contributed by atoms with E-state index in [-0.39, 0.29) is 5.78 Å². The van der Waals surface area contributed by atoms with E-state index in [1.807, 2.05) is 69.3 Å². The van der Waals surface area contributed by atoms with Gasteiger partial charge in [-0.05, 0) is 5.56 Å². The van der Waals surface area contributed by atoms with Crippen molar-refractivity contribution in [2.75, 3.05) is 0 Å². The Balaban J connectivity index is 0.000000287. The Morgan fingerprint density at radius 3 is 2.19 bits per heavy atom. The average molecular weight is 415 g/mol. The van der Waals surface area contributed by atoms with Gasteiger partial charge in [-0.15, -0.1) is 0 Å². The second-order valence-electron chi connectivity index (χ2n) is 8.12. The molecule has 0 spiro atoms. The first-order valence-electron chi connectivity index (χ1n) is 9.93. The van der Waals surface area contributed by atoms with E-state index >= 15 is 0 Å². The molecule has 2 aromatic carbocycles. The summed E-state index contributed by atoms with van der Waals surface area (Å²) in [5, 5.41) is 10.5. The molecule has 2 heterocycles. The van der Waals surface area contributed by atoms with Gasteiger partial charge in [-0.1, -0.05) is 81.4 Å². The Labute approximate surface area is 181 Å². The van der Waals surface area contributed by atoms with Gasteiger partial charge in [-0.25, -0.2) is 9.97 Å². The minimum atomic E-state index is -0.874. The van der Waals surface area contributed by atoms with E-state index < -0.39 is 11.5 Å². The molecule has 2 aromatic heterocycles. The summed E-state index contributed by atoms with van der Waals surface area (Å²) in [6.45, 7) is 5.60. The van der Waals surface area contributed by atoms with Crippen LogP contribution in [0, 0.1) is 5.41 Å². The molecule has 4 rings (SSSR count). The van der Waals surface area contributed by atoms with Gasteiger partial charge in [0.05, 0.1) is 17.5 Å². The van der Waals surface area contributed by atoms with Gasteiger partial charge in [0, 0.05) is 17.2 Å². The van der Waals surface area contributed by atoms with Gasteiger partial charge in [0.25, 0.3) is 0 Å². The summed E-state index contributed by atoms with van der Waals surface area (Å²) >= 11 is 0. The van der Waals surface area contributed by atoms with Crippen molar-refractivity contribution >= 4 is 23.2 Å². The zero-order chi connectivity index (χ0) is 22.4. The number of carbonyl (C=O) groups excluding carboxylic acids is 2. The molecule has 158 valence electrons. The van der Waals surface area contributed by atoms with E-state index in [1.54, 1.807) is 18.3 Å². The van der Waals surface area contributed by atoms with Crippen LogP contribution in [-0.4, -0.2) is 32.1 Å². The standard InChI is InChI=1S/C18H19N3O2.C7H6O/c1-18(2,3)16(23)12-9-19-17-14(12)21-13(10-20-17)15(22)11-7-5-4-6-8-11;8-6-7-4-2-1-3-5-7/h4-10,15,22H,1-3H3,(H,19,20);1-6H. The van der Waals surface area contributed by atoms with E-state index in [1.165, 1.54) is 6.20 Å². The molecule has 0 fully saturated rings. The van der Waals surface area contributed by atoms with Gasteiger partial charge in [0.2, 0.25) is 0 Å². The molecule has 0 saturated carbocycles. The molecule has 1 unspecified atom stereocenters. The van der Waals surface area contributed by atoms with Crippen LogP contribution in [0.1, 0.15) is 58.8 Å². The molecular formula is C25H25N3O3. The number of nitrogens with one attached hydrogen (secondary N) is 1. The van der Waals surface area contributed by atoms with Gasteiger partial charge >= 0.3 is 0 Å². The maximum atomic E-state index is 12.5. The molecule has 0 aliphatic heterocycles. The number of benzene rings is 2. The van der Waals surface area contributed by atoms with Crippen molar-refractivity contribution < 1.29 is 14.7 Å². The molecule has 1 atom stereocenters. The Hall–Kier alpha value is -3.64. The predicted octanol–water partition coefficient (Wildman–Crippen LogP) is 4.77. The van der Waals surface area contributed by atoms with E-state index in [0.717, 1.165) is 17.4 Å². The van der Waals surface area contributed by atoms with E-state index in [4.69, 9.17) is 0 Å². The van der Waals surface area contributed by atoms with Crippen molar-refractivity contribution in [2.45, 2.75) is 26.9 Å². The zero-order valence-corrected chi connectivity index (χ0v) is 17.7. The highest BCUT2D eigenvalue weighted by atomic mass is 16.3. The lowest BCUT2D eigenvalue weighted by atomic mass is 9.87. The lowest BCUT2D eigenvalue weighted by molar-refractivity contribution is 0.0859.